The van der Waals surface area contributed by atoms with Gasteiger partial charge in [0.25, 0.3) is 0 Å². The summed E-state index contributed by atoms with van der Waals surface area (Å²) in [4.78, 5) is 0. The molecule has 0 fully saturated rings. The minimum absolute atomic E-state index is 0.922. The zero-order chi connectivity index (χ0) is 26.2. The van der Waals surface area contributed by atoms with Crippen LogP contribution in [0.25, 0.3) is 82.1 Å². The van der Waals surface area contributed by atoms with Crippen LogP contribution in [0, 0.1) is 0 Å². The van der Waals surface area contributed by atoms with Crippen molar-refractivity contribution in [3.8, 4) is 16.8 Å². The second kappa shape index (κ2) is 8.08. The summed E-state index contributed by atoms with van der Waals surface area (Å²) in [5.41, 5.74) is 7.73. The van der Waals surface area contributed by atoms with Crippen LogP contribution >= 0.6 is 0 Å². The molecule has 0 N–H and O–H groups in total. The molecule has 0 amide bonds. The summed E-state index contributed by atoms with van der Waals surface area (Å²) in [7, 11) is 0. The van der Waals surface area contributed by atoms with Crippen LogP contribution in [0.15, 0.2) is 144 Å². The van der Waals surface area contributed by atoms with Gasteiger partial charge in [-0.05, 0) is 64.2 Å². The molecule has 0 saturated heterocycles. The third-order valence-corrected chi connectivity index (χ3v) is 8.35. The highest BCUT2D eigenvalue weighted by Crippen LogP contribution is 2.40. The Morgan fingerprint density at radius 3 is 2.05 bits per heavy atom. The van der Waals surface area contributed by atoms with Gasteiger partial charge in [0.15, 0.2) is 0 Å². The first-order chi connectivity index (χ1) is 19.8. The van der Waals surface area contributed by atoms with E-state index >= 15 is 0 Å². The van der Waals surface area contributed by atoms with Crippen LogP contribution in [0.4, 0.5) is 0 Å². The van der Waals surface area contributed by atoms with E-state index in [9.17, 15) is 0 Å². The molecular formula is C38H23NO. The number of para-hydroxylation sites is 3. The zero-order valence-corrected chi connectivity index (χ0v) is 21.6. The molecule has 2 nitrogen and oxygen atoms in total. The van der Waals surface area contributed by atoms with Gasteiger partial charge in [0, 0.05) is 32.5 Å². The second-order valence-electron chi connectivity index (χ2n) is 10.6. The SMILES string of the molecule is c1ccc2cc3c(-n4c5ccccc5c5cc(-c6cccc7c6oc6ccccc67)ccc54)cccc3cc2c1. The molecule has 0 saturated carbocycles. The van der Waals surface area contributed by atoms with Gasteiger partial charge in [-0.3, -0.25) is 0 Å². The summed E-state index contributed by atoms with van der Waals surface area (Å²) in [5.74, 6) is 0. The van der Waals surface area contributed by atoms with E-state index in [1.165, 1.54) is 49.0 Å². The van der Waals surface area contributed by atoms with E-state index in [2.05, 4.69) is 132 Å². The van der Waals surface area contributed by atoms with Gasteiger partial charge in [-0.2, -0.15) is 0 Å². The molecule has 40 heavy (non-hydrogen) atoms. The molecule has 7 aromatic carbocycles. The molecule has 2 heterocycles. The maximum atomic E-state index is 6.39. The smallest absolute Gasteiger partial charge is 0.143 e. The molecule has 0 aliphatic rings. The van der Waals surface area contributed by atoms with E-state index < -0.39 is 0 Å². The summed E-state index contributed by atoms with van der Waals surface area (Å²) in [6, 6.07) is 50.2. The molecule has 0 spiro atoms. The topological polar surface area (TPSA) is 18.1 Å². The summed E-state index contributed by atoms with van der Waals surface area (Å²) in [5, 5.41) is 9.80. The molecule has 0 unspecified atom stereocenters. The van der Waals surface area contributed by atoms with Crippen LogP contribution in [-0.4, -0.2) is 4.57 Å². The van der Waals surface area contributed by atoms with Crippen molar-refractivity contribution >= 4 is 65.3 Å². The number of aromatic nitrogens is 1. The number of hydrogen-bond donors (Lipinski definition) is 0. The summed E-state index contributed by atoms with van der Waals surface area (Å²) in [6.07, 6.45) is 0. The van der Waals surface area contributed by atoms with Crippen molar-refractivity contribution in [2.24, 2.45) is 0 Å². The van der Waals surface area contributed by atoms with E-state index in [1.54, 1.807) is 0 Å². The highest BCUT2D eigenvalue weighted by atomic mass is 16.3. The van der Waals surface area contributed by atoms with Crippen molar-refractivity contribution < 1.29 is 4.42 Å². The van der Waals surface area contributed by atoms with Crippen LogP contribution in [-0.2, 0) is 0 Å². The molecule has 2 aromatic heterocycles. The lowest BCUT2D eigenvalue weighted by Gasteiger charge is -2.13. The molecule has 2 heteroatoms. The number of hydrogen-bond acceptors (Lipinski definition) is 1. The largest absolute Gasteiger partial charge is 0.455 e. The van der Waals surface area contributed by atoms with Gasteiger partial charge in [-0.1, -0.05) is 97.1 Å². The fourth-order valence-electron chi connectivity index (χ4n) is 6.52. The lowest BCUT2D eigenvalue weighted by molar-refractivity contribution is 0.670. The van der Waals surface area contributed by atoms with Gasteiger partial charge in [0.2, 0.25) is 0 Å². The molecule has 186 valence electrons. The van der Waals surface area contributed by atoms with Gasteiger partial charge in [0.05, 0.1) is 16.7 Å². The quantitative estimate of drug-likeness (QED) is 0.212. The Bertz CT molecular complexity index is 2440. The van der Waals surface area contributed by atoms with Crippen molar-refractivity contribution in [2.75, 3.05) is 0 Å². The first-order valence-corrected chi connectivity index (χ1v) is 13.7. The molecule has 0 aliphatic carbocycles. The fraction of sp³-hybridized carbons (Fsp3) is 0. The predicted molar refractivity (Wildman–Crippen MR) is 169 cm³/mol. The molecule has 0 radical (unpaired) electrons. The number of benzene rings is 7. The Kier molecular flexibility index (Phi) is 4.36. The molecule has 9 aromatic rings. The normalized spacial score (nSPS) is 12.0. The van der Waals surface area contributed by atoms with Crippen LogP contribution < -0.4 is 0 Å². The highest BCUT2D eigenvalue weighted by Gasteiger charge is 2.17. The minimum atomic E-state index is 0.922. The first-order valence-electron chi connectivity index (χ1n) is 13.7. The van der Waals surface area contributed by atoms with Crippen molar-refractivity contribution in [1.29, 1.82) is 0 Å². The van der Waals surface area contributed by atoms with E-state index in [0.29, 0.717) is 0 Å². The Balaban J connectivity index is 1.33. The summed E-state index contributed by atoms with van der Waals surface area (Å²) < 4.78 is 8.81. The Morgan fingerprint density at radius 1 is 0.425 bits per heavy atom. The van der Waals surface area contributed by atoms with Crippen molar-refractivity contribution in [2.45, 2.75) is 0 Å². The van der Waals surface area contributed by atoms with Crippen molar-refractivity contribution in [3.63, 3.8) is 0 Å². The van der Waals surface area contributed by atoms with Gasteiger partial charge in [-0.15, -0.1) is 0 Å². The van der Waals surface area contributed by atoms with Crippen LogP contribution in [0.2, 0.25) is 0 Å². The third kappa shape index (κ3) is 2.99. The Morgan fingerprint density at radius 2 is 1.12 bits per heavy atom. The summed E-state index contributed by atoms with van der Waals surface area (Å²) in [6.45, 7) is 0. The maximum Gasteiger partial charge on any atom is 0.143 e. The monoisotopic (exact) mass is 509 g/mol. The average Bonchev–Trinajstić information content (AvgIpc) is 3.55. The summed E-state index contributed by atoms with van der Waals surface area (Å²) >= 11 is 0. The van der Waals surface area contributed by atoms with Gasteiger partial charge in [0.1, 0.15) is 11.2 Å². The zero-order valence-electron chi connectivity index (χ0n) is 21.6. The number of rotatable bonds is 2. The van der Waals surface area contributed by atoms with Crippen molar-refractivity contribution in [3.05, 3.63) is 140 Å². The second-order valence-corrected chi connectivity index (χ2v) is 10.6. The minimum Gasteiger partial charge on any atom is -0.455 e. The highest BCUT2D eigenvalue weighted by molar-refractivity contribution is 6.14. The lowest BCUT2D eigenvalue weighted by Crippen LogP contribution is -1.95. The van der Waals surface area contributed by atoms with E-state index in [1.807, 2.05) is 12.1 Å². The van der Waals surface area contributed by atoms with Gasteiger partial charge in [-0.25, -0.2) is 0 Å². The fourth-order valence-corrected chi connectivity index (χ4v) is 6.52. The number of furan rings is 1. The average molecular weight is 510 g/mol. The molecule has 0 bridgehead atoms. The van der Waals surface area contributed by atoms with Crippen LogP contribution in [0.3, 0.4) is 0 Å². The Labute approximate surface area is 230 Å². The van der Waals surface area contributed by atoms with E-state index in [4.69, 9.17) is 4.42 Å². The van der Waals surface area contributed by atoms with Crippen LogP contribution in [0.1, 0.15) is 0 Å². The van der Waals surface area contributed by atoms with Gasteiger partial charge < -0.3 is 8.98 Å². The predicted octanol–water partition coefficient (Wildman–Crippen LogP) is 10.7. The third-order valence-electron chi connectivity index (χ3n) is 8.35. The maximum absolute atomic E-state index is 6.39. The standard InChI is InChI=1S/C38H23NO/c1-2-10-25-22-32-26(21-24(25)9-1)11-7-17-35(32)39-34-16-5-3-12-29(34)33-23-27(19-20-36(33)39)28-14-8-15-31-30-13-4-6-18-37(30)40-38(28)31/h1-23H. The number of nitrogens with zero attached hydrogens (tertiary/aromatic N) is 1. The Hall–Kier alpha value is -5.34. The first kappa shape index (κ1) is 21.6. The van der Waals surface area contributed by atoms with E-state index in [0.717, 1.165) is 33.1 Å². The van der Waals surface area contributed by atoms with Gasteiger partial charge >= 0.3 is 0 Å². The molecule has 0 atom stereocenters. The van der Waals surface area contributed by atoms with Crippen LogP contribution in [0.5, 0.6) is 0 Å². The number of fused-ring (bicyclic) bond motifs is 8. The molecule has 0 aliphatic heterocycles. The van der Waals surface area contributed by atoms with Crippen molar-refractivity contribution in [1.82, 2.24) is 4.57 Å². The molecule has 9 rings (SSSR count). The van der Waals surface area contributed by atoms with E-state index in [-0.39, 0.29) is 0 Å². The molecular weight excluding hydrogens is 486 g/mol. The lowest BCUT2D eigenvalue weighted by atomic mass is 10.00.